The van der Waals surface area contributed by atoms with Gasteiger partial charge in [0.15, 0.2) is 0 Å². The summed E-state index contributed by atoms with van der Waals surface area (Å²) in [6, 6.07) is 38.5. The Labute approximate surface area is 236 Å². The lowest BCUT2D eigenvalue weighted by Crippen LogP contribution is -1.93. The van der Waals surface area contributed by atoms with Crippen molar-refractivity contribution in [2.75, 3.05) is 0 Å². The first-order valence-corrected chi connectivity index (χ1v) is 13.8. The number of aryl methyl sites for hydroxylation is 4. The van der Waals surface area contributed by atoms with Crippen LogP contribution in [0.15, 0.2) is 119 Å². The van der Waals surface area contributed by atoms with E-state index in [9.17, 15) is 0 Å². The summed E-state index contributed by atoms with van der Waals surface area (Å²) < 4.78 is 0. The fourth-order valence-corrected chi connectivity index (χ4v) is 5.59. The van der Waals surface area contributed by atoms with E-state index in [2.05, 4.69) is 137 Å². The Kier molecular flexibility index (Phi) is 6.84. The van der Waals surface area contributed by atoms with Gasteiger partial charge in [0.1, 0.15) is 0 Å². The monoisotopic (exact) mass is 516 g/mol. The summed E-state index contributed by atoms with van der Waals surface area (Å²) in [6.45, 7) is 8.56. The van der Waals surface area contributed by atoms with E-state index in [-0.39, 0.29) is 0 Å². The molecule has 0 heterocycles. The van der Waals surface area contributed by atoms with Crippen LogP contribution >= 0.6 is 0 Å². The van der Waals surface area contributed by atoms with Gasteiger partial charge in [-0.15, -0.1) is 0 Å². The number of nitrogens with zero attached hydrogens (tertiary/aromatic N) is 2. The lowest BCUT2D eigenvalue weighted by molar-refractivity contribution is 1.36. The molecular formula is C38H32N2. The quantitative estimate of drug-likeness (QED) is 0.204. The Balaban J connectivity index is 1.64. The van der Waals surface area contributed by atoms with E-state index in [1.54, 1.807) is 0 Å². The summed E-state index contributed by atoms with van der Waals surface area (Å²) in [4.78, 5) is 10.3. The zero-order valence-corrected chi connectivity index (χ0v) is 23.4. The van der Waals surface area contributed by atoms with E-state index in [1.165, 1.54) is 43.8 Å². The SMILES string of the molecule is Cc1cccc(C)c1C=Nc1ccc2ccccc2c1-c1c(N=Cc2c(C)cccc2C)ccc2ccccc12. The molecule has 0 aliphatic heterocycles. The minimum absolute atomic E-state index is 0.932. The van der Waals surface area contributed by atoms with E-state index in [0.29, 0.717) is 0 Å². The van der Waals surface area contributed by atoms with Gasteiger partial charge in [0, 0.05) is 23.6 Å². The van der Waals surface area contributed by atoms with Gasteiger partial charge in [-0.1, -0.05) is 97.1 Å². The topological polar surface area (TPSA) is 24.7 Å². The Hall–Kier alpha value is -4.82. The first-order valence-electron chi connectivity index (χ1n) is 13.8. The van der Waals surface area contributed by atoms with Crippen molar-refractivity contribution in [1.29, 1.82) is 0 Å². The average Bonchev–Trinajstić information content (AvgIpc) is 2.96. The van der Waals surface area contributed by atoms with Crippen LogP contribution in [-0.4, -0.2) is 12.4 Å². The third-order valence-corrected chi connectivity index (χ3v) is 7.81. The molecule has 0 spiro atoms. The van der Waals surface area contributed by atoms with Gasteiger partial charge in [-0.2, -0.15) is 0 Å². The van der Waals surface area contributed by atoms with Gasteiger partial charge < -0.3 is 0 Å². The van der Waals surface area contributed by atoms with Crippen molar-refractivity contribution in [2.24, 2.45) is 9.98 Å². The third-order valence-electron chi connectivity index (χ3n) is 7.81. The van der Waals surface area contributed by atoms with Gasteiger partial charge in [-0.05, 0) is 94.8 Å². The van der Waals surface area contributed by atoms with Crippen molar-refractivity contribution < 1.29 is 0 Å². The number of benzene rings is 6. The fourth-order valence-electron chi connectivity index (χ4n) is 5.59. The van der Waals surface area contributed by atoms with Gasteiger partial charge in [-0.3, -0.25) is 9.98 Å². The van der Waals surface area contributed by atoms with Crippen molar-refractivity contribution in [3.63, 3.8) is 0 Å². The summed E-state index contributed by atoms with van der Waals surface area (Å²) in [5.41, 5.74) is 11.3. The summed E-state index contributed by atoms with van der Waals surface area (Å²) in [7, 11) is 0. The molecule has 0 radical (unpaired) electrons. The maximum absolute atomic E-state index is 5.14. The molecule has 0 aliphatic carbocycles. The van der Waals surface area contributed by atoms with Crippen LogP contribution in [0.2, 0.25) is 0 Å². The van der Waals surface area contributed by atoms with Crippen molar-refractivity contribution in [2.45, 2.75) is 27.7 Å². The van der Waals surface area contributed by atoms with Gasteiger partial charge in [0.2, 0.25) is 0 Å². The number of fused-ring (bicyclic) bond motifs is 2. The molecule has 194 valence electrons. The molecule has 2 heteroatoms. The van der Waals surface area contributed by atoms with Crippen LogP contribution < -0.4 is 0 Å². The number of rotatable bonds is 5. The van der Waals surface area contributed by atoms with Crippen molar-refractivity contribution in [3.05, 3.63) is 143 Å². The van der Waals surface area contributed by atoms with Crippen LogP contribution in [0.4, 0.5) is 11.4 Å². The molecule has 6 rings (SSSR count). The van der Waals surface area contributed by atoms with E-state index < -0.39 is 0 Å². The Morgan fingerprint density at radius 3 is 1.18 bits per heavy atom. The molecule has 2 nitrogen and oxygen atoms in total. The minimum Gasteiger partial charge on any atom is -0.256 e. The van der Waals surface area contributed by atoms with Crippen LogP contribution in [0, 0.1) is 27.7 Å². The molecule has 6 aromatic rings. The second kappa shape index (κ2) is 10.7. The number of hydrogen-bond acceptors (Lipinski definition) is 2. The van der Waals surface area contributed by atoms with Crippen LogP contribution in [0.5, 0.6) is 0 Å². The lowest BCUT2D eigenvalue weighted by atomic mass is 9.91. The molecule has 0 atom stereocenters. The van der Waals surface area contributed by atoms with E-state index >= 15 is 0 Å². The third kappa shape index (κ3) is 4.74. The largest absolute Gasteiger partial charge is 0.256 e. The van der Waals surface area contributed by atoms with Crippen LogP contribution in [0.1, 0.15) is 33.4 Å². The fraction of sp³-hybridized carbons (Fsp3) is 0.105. The summed E-state index contributed by atoms with van der Waals surface area (Å²) in [5.74, 6) is 0. The normalized spacial score (nSPS) is 11.8. The minimum atomic E-state index is 0.932. The van der Waals surface area contributed by atoms with Gasteiger partial charge in [0.25, 0.3) is 0 Å². The molecule has 0 amide bonds. The highest BCUT2D eigenvalue weighted by Crippen LogP contribution is 2.45. The predicted molar refractivity (Wildman–Crippen MR) is 173 cm³/mol. The molecule has 0 N–H and O–H groups in total. The van der Waals surface area contributed by atoms with Crippen LogP contribution in [-0.2, 0) is 0 Å². The van der Waals surface area contributed by atoms with Crippen molar-refractivity contribution >= 4 is 45.3 Å². The molecule has 0 saturated carbocycles. The molecule has 0 saturated heterocycles. The Morgan fingerprint density at radius 2 is 0.775 bits per heavy atom. The van der Waals surface area contributed by atoms with E-state index in [0.717, 1.165) is 33.6 Å². The maximum Gasteiger partial charge on any atom is 0.0715 e. The molecule has 6 aromatic carbocycles. The first kappa shape index (κ1) is 25.5. The number of hydrogen-bond donors (Lipinski definition) is 0. The molecule has 0 bridgehead atoms. The highest BCUT2D eigenvalue weighted by molar-refractivity contribution is 6.13. The molecule has 0 aromatic heterocycles. The lowest BCUT2D eigenvalue weighted by Gasteiger charge is -2.16. The van der Waals surface area contributed by atoms with Gasteiger partial charge in [0.05, 0.1) is 11.4 Å². The smallest absolute Gasteiger partial charge is 0.0715 e. The van der Waals surface area contributed by atoms with Gasteiger partial charge >= 0.3 is 0 Å². The Morgan fingerprint density at radius 1 is 0.400 bits per heavy atom. The van der Waals surface area contributed by atoms with Crippen LogP contribution in [0.25, 0.3) is 32.7 Å². The predicted octanol–water partition coefficient (Wildman–Crippen LogP) is 10.4. The zero-order valence-electron chi connectivity index (χ0n) is 23.4. The highest BCUT2D eigenvalue weighted by Gasteiger charge is 2.17. The van der Waals surface area contributed by atoms with E-state index in [4.69, 9.17) is 9.98 Å². The zero-order chi connectivity index (χ0) is 27.6. The maximum atomic E-state index is 5.14. The standard InChI is InChI=1S/C38H32N2/c1-25-11-9-12-26(2)33(25)23-39-35-21-19-29-15-5-7-17-31(29)37(35)38-32-18-8-6-16-30(32)20-22-36(38)40-24-34-27(3)13-10-14-28(34)4/h5-24H,1-4H3. The van der Waals surface area contributed by atoms with Crippen molar-refractivity contribution in [1.82, 2.24) is 0 Å². The second-order valence-corrected chi connectivity index (χ2v) is 10.5. The van der Waals surface area contributed by atoms with Gasteiger partial charge in [-0.25, -0.2) is 0 Å². The highest BCUT2D eigenvalue weighted by atomic mass is 14.7. The molecule has 0 unspecified atom stereocenters. The van der Waals surface area contributed by atoms with Crippen molar-refractivity contribution in [3.8, 4) is 11.1 Å². The Bertz CT molecular complexity index is 1760. The van der Waals surface area contributed by atoms with E-state index in [1.807, 2.05) is 12.4 Å². The summed E-state index contributed by atoms with van der Waals surface area (Å²) in [5, 5.41) is 4.69. The summed E-state index contributed by atoms with van der Waals surface area (Å²) >= 11 is 0. The second-order valence-electron chi connectivity index (χ2n) is 10.5. The molecule has 0 fully saturated rings. The molecular weight excluding hydrogens is 484 g/mol. The number of aliphatic imine (C=N–C) groups is 2. The first-order chi connectivity index (χ1) is 19.5. The average molecular weight is 517 g/mol. The molecule has 40 heavy (non-hydrogen) atoms. The molecule has 0 aliphatic rings. The van der Waals surface area contributed by atoms with Crippen LogP contribution in [0.3, 0.4) is 0 Å². The summed E-state index contributed by atoms with van der Waals surface area (Å²) in [6.07, 6.45) is 4.03.